The van der Waals surface area contributed by atoms with Crippen molar-refractivity contribution < 1.29 is 9.53 Å². The van der Waals surface area contributed by atoms with Crippen LogP contribution in [-0.4, -0.2) is 36.1 Å². The number of aromatic amines is 1. The average Bonchev–Trinajstić information content (AvgIpc) is 3.05. The zero-order valence-corrected chi connectivity index (χ0v) is 14.0. The minimum Gasteiger partial charge on any atom is -0.383 e. The molecule has 0 spiro atoms. The Kier molecular flexibility index (Phi) is 5.68. The molecule has 2 rings (SSSR count). The summed E-state index contributed by atoms with van der Waals surface area (Å²) in [4.78, 5) is 18.6. The smallest absolute Gasteiger partial charge is 0.291 e. The number of rotatable bonds is 7. The van der Waals surface area contributed by atoms with E-state index in [1.54, 1.807) is 7.11 Å². The Labute approximate surface area is 141 Å². The zero-order chi connectivity index (χ0) is 17.6. The lowest BCUT2D eigenvalue weighted by Crippen LogP contribution is -2.38. The van der Waals surface area contributed by atoms with E-state index >= 15 is 0 Å². The van der Waals surface area contributed by atoms with Crippen LogP contribution in [0.5, 0.6) is 0 Å². The molecule has 7 nitrogen and oxygen atoms in total. The first-order valence-corrected chi connectivity index (χ1v) is 7.57. The predicted molar refractivity (Wildman–Crippen MR) is 90.6 cm³/mol. The first-order chi connectivity index (χ1) is 11.5. The van der Waals surface area contributed by atoms with Crippen LogP contribution < -0.4 is 10.6 Å². The third-order valence-corrected chi connectivity index (χ3v) is 3.65. The number of aromatic nitrogens is 2. The van der Waals surface area contributed by atoms with Gasteiger partial charge in [0.15, 0.2) is 11.5 Å². The van der Waals surface area contributed by atoms with Crippen LogP contribution in [0.1, 0.15) is 35.7 Å². The fourth-order valence-corrected chi connectivity index (χ4v) is 2.22. The molecule has 24 heavy (non-hydrogen) atoms. The summed E-state index contributed by atoms with van der Waals surface area (Å²) in [7, 11) is 1.67. The molecule has 1 heterocycles. The average molecular weight is 327 g/mol. The van der Waals surface area contributed by atoms with E-state index in [1.165, 1.54) is 6.20 Å². The number of amides is 1. The summed E-state index contributed by atoms with van der Waals surface area (Å²) in [6.07, 6.45) is 1.40. The highest BCUT2D eigenvalue weighted by molar-refractivity contribution is 6.01. The van der Waals surface area contributed by atoms with Crippen LogP contribution in [0, 0.1) is 11.3 Å². The topological polar surface area (TPSA) is 103 Å². The van der Waals surface area contributed by atoms with Crippen LogP contribution in [0.25, 0.3) is 0 Å². The molecule has 0 fully saturated rings. The van der Waals surface area contributed by atoms with E-state index in [0.717, 1.165) is 12.1 Å². The Morgan fingerprint density at radius 3 is 2.67 bits per heavy atom. The largest absolute Gasteiger partial charge is 0.383 e. The molecule has 0 aliphatic carbocycles. The molecule has 0 radical (unpaired) electrons. The molecular formula is C17H21N5O2. The number of benzene rings is 1. The Morgan fingerprint density at radius 2 is 2.08 bits per heavy atom. The number of ether oxygens (including phenoxy) is 1. The van der Waals surface area contributed by atoms with Gasteiger partial charge in [0.2, 0.25) is 0 Å². The molecule has 0 atom stereocenters. The minimum atomic E-state index is -0.387. The maximum atomic E-state index is 12.1. The third-order valence-electron chi connectivity index (χ3n) is 3.65. The quantitative estimate of drug-likeness (QED) is 0.675. The number of carbonyl (C=O) groups is 1. The van der Waals surface area contributed by atoms with Crippen molar-refractivity contribution in [3.05, 3.63) is 47.5 Å². The van der Waals surface area contributed by atoms with Gasteiger partial charge < -0.3 is 20.4 Å². The molecule has 0 saturated heterocycles. The lowest BCUT2D eigenvalue weighted by molar-refractivity contribution is 0.101. The van der Waals surface area contributed by atoms with E-state index in [2.05, 4.69) is 34.4 Å². The first-order valence-electron chi connectivity index (χ1n) is 7.57. The Balaban J connectivity index is 2.01. The van der Waals surface area contributed by atoms with Gasteiger partial charge in [0.1, 0.15) is 6.07 Å². The molecule has 0 saturated carbocycles. The number of hydrogen-bond donors (Lipinski definition) is 3. The number of nitrogens with zero attached hydrogens (tertiary/aromatic N) is 2. The number of nitrogens with one attached hydrogen (secondary N) is 3. The summed E-state index contributed by atoms with van der Waals surface area (Å²) >= 11 is 0. The molecule has 1 aromatic carbocycles. The summed E-state index contributed by atoms with van der Waals surface area (Å²) in [6.45, 7) is 5.57. The third kappa shape index (κ3) is 4.41. The van der Waals surface area contributed by atoms with Gasteiger partial charge in [-0.25, -0.2) is 4.98 Å². The Bertz CT molecular complexity index is 728. The number of H-pyrrole nitrogens is 1. The van der Waals surface area contributed by atoms with E-state index in [9.17, 15) is 4.79 Å². The molecule has 0 aliphatic rings. The molecule has 0 aliphatic heterocycles. The molecule has 0 bridgehead atoms. The van der Waals surface area contributed by atoms with Crippen molar-refractivity contribution in [1.29, 1.82) is 5.26 Å². The van der Waals surface area contributed by atoms with Gasteiger partial charge in [-0.2, -0.15) is 5.26 Å². The standard InChI is InChI=1S/C17H21N5O2/c1-17(2,20-8-9-24-3)12-4-6-13(7-5-12)22-16(23)15-19-11-14(10-18)21-15/h4-7,11,20H,8-9H2,1-3H3,(H,19,21)(H,22,23). The normalized spacial score (nSPS) is 11.1. The Hall–Kier alpha value is -2.69. The summed E-state index contributed by atoms with van der Waals surface area (Å²) in [5.74, 6) is -0.279. The lowest BCUT2D eigenvalue weighted by atomic mass is 9.94. The van der Waals surface area contributed by atoms with E-state index in [0.29, 0.717) is 12.3 Å². The molecule has 3 N–H and O–H groups in total. The van der Waals surface area contributed by atoms with Crippen LogP contribution in [-0.2, 0) is 10.3 Å². The number of carbonyl (C=O) groups excluding carboxylic acids is 1. The molecular weight excluding hydrogens is 306 g/mol. The molecule has 126 valence electrons. The Morgan fingerprint density at radius 1 is 1.38 bits per heavy atom. The summed E-state index contributed by atoms with van der Waals surface area (Å²) in [6, 6.07) is 9.45. The van der Waals surface area contributed by atoms with Crippen molar-refractivity contribution in [2.45, 2.75) is 19.4 Å². The van der Waals surface area contributed by atoms with Gasteiger partial charge in [-0.15, -0.1) is 0 Å². The van der Waals surface area contributed by atoms with Crippen LogP contribution in [0.4, 0.5) is 5.69 Å². The number of methoxy groups -OCH3 is 1. The van der Waals surface area contributed by atoms with Crippen molar-refractivity contribution in [2.24, 2.45) is 0 Å². The van der Waals surface area contributed by atoms with Crippen LogP contribution >= 0.6 is 0 Å². The maximum absolute atomic E-state index is 12.1. The van der Waals surface area contributed by atoms with E-state index in [-0.39, 0.29) is 23.0 Å². The number of nitriles is 1. The van der Waals surface area contributed by atoms with Gasteiger partial charge in [-0.3, -0.25) is 4.79 Å². The van der Waals surface area contributed by atoms with E-state index in [4.69, 9.17) is 10.00 Å². The van der Waals surface area contributed by atoms with Crippen molar-refractivity contribution in [1.82, 2.24) is 15.3 Å². The second-order valence-corrected chi connectivity index (χ2v) is 5.82. The van der Waals surface area contributed by atoms with Gasteiger partial charge in [0.05, 0.1) is 6.61 Å². The van der Waals surface area contributed by atoms with Gasteiger partial charge in [0, 0.05) is 31.1 Å². The monoisotopic (exact) mass is 327 g/mol. The lowest BCUT2D eigenvalue weighted by Gasteiger charge is -2.27. The highest BCUT2D eigenvalue weighted by atomic mass is 16.5. The fraction of sp³-hybridized carbons (Fsp3) is 0.353. The predicted octanol–water partition coefficient (Wildman–Crippen LogP) is 2.00. The van der Waals surface area contributed by atoms with Crippen molar-refractivity contribution >= 4 is 11.6 Å². The van der Waals surface area contributed by atoms with Crippen LogP contribution in [0.2, 0.25) is 0 Å². The molecule has 7 heteroatoms. The van der Waals surface area contributed by atoms with Gasteiger partial charge in [0.25, 0.3) is 5.91 Å². The highest BCUT2D eigenvalue weighted by Gasteiger charge is 2.19. The number of anilines is 1. The molecule has 1 amide bonds. The fourth-order valence-electron chi connectivity index (χ4n) is 2.22. The van der Waals surface area contributed by atoms with Gasteiger partial charge >= 0.3 is 0 Å². The molecule has 0 unspecified atom stereocenters. The minimum absolute atomic E-state index is 0.109. The van der Waals surface area contributed by atoms with Crippen molar-refractivity contribution in [3.63, 3.8) is 0 Å². The summed E-state index contributed by atoms with van der Waals surface area (Å²) in [5, 5.41) is 14.9. The van der Waals surface area contributed by atoms with E-state index in [1.807, 2.05) is 30.3 Å². The summed E-state index contributed by atoms with van der Waals surface area (Å²) < 4.78 is 5.05. The van der Waals surface area contributed by atoms with E-state index < -0.39 is 0 Å². The number of imidazole rings is 1. The van der Waals surface area contributed by atoms with Crippen molar-refractivity contribution in [3.8, 4) is 6.07 Å². The zero-order valence-electron chi connectivity index (χ0n) is 14.0. The number of hydrogen-bond acceptors (Lipinski definition) is 5. The SMILES string of the molecule is COCCNC(C)(C)c1ccc(NC(=O)c2nc(C#N)c[nH]2)cc1. The van der Waals surface area contributed by atoms with Crippen LogP contribution in [0.3, 0.4) is 0 Å². The maximum Gasteiger partial charge on any atom is 0.291 e. The van der Waals surface area contributed by atoms with Gasteiger partial charge in [-0.05, 0) is 31.5 Å². The molecule has 1 aromatic heterocycles. The second-order valence-electron chi connectivity index (χ2n) is 5.82. The van der Waals surface area contributed by atoms with Crippen LogP contribution in [0.15, 0.2) is 30.5 Å². The first kappa shape index (κ1) is 17.7. The highest BCUT2D eigenvalue weighted by Crippen LogP contribution is 2.22. The molecule has 2 aromatic rings. The van der Waals surface area contributed by atoms with Crippen molar-refractivity contribution in [2.75, 3.05) is 25.6 Å². The van der Waals surface area contributed by atoms with Gasteiger partial charge in [-0.1, -0.05) is 12.1 Å². The summed E-state index contributed by atoms with van der Waals surface area (Å²) in [5.41, 5.74) is 1.73. The second kappa shape index (κ2) is 7.73.